The van der Waals surface area contributed by atoms with Crippen LogP contribution in [0.5, 0.6) is 0 Å². The van der Waals surface area contributed by atoms with Gasteiger partial charge in [-0.05, 0) is 58.3 Å². The Bertz CT molecular complexity index is 1740. The highest BCUT2D eigenvalue weighted by atomic mass is 32.1. The third-order valence-corrected chi connectivity index (χ3v) is 7.34. The highest BCUT2D eigenvalue weighted by Gasteiger charge is 2.16. The number of rotatable bonds is 3. The minimum atomic E-state index is 0.931. The fourth-order valence-corrected chi connectivity index (χ4v) is 5.67. The minimum absolute atomic E-state index is 0.931. The average molecular weight is 453 g/mol. The van der Waals surface area contributed by atoms with Crippen LogP contribution in [0.3, 0.4) is 0 Å². The van der Waals surface area contributed by atoms with Gasteiger partial charge in [-0.25, -0.2) is 4.98 Å². The number of para-hydroxylation sites is 1. The molecule has 0 radical (unpaired) electrons. The maximum atomic E-state index is 5.21. The third kappa shape index (κ3) is 3.06. The summed E-state index contributed by atoms with van der Waals surface area (Å²) in [6.07, 6.45) is 0. The molecule has 0 aliphatic carbocycles. The Labute approximate surface area is 201 Å². The average Bonchev–Trinajstić information content (AvgIpc) is 3.50. The van der Waals surface area contributed by atoms with Crippen LogP contribution in [0.15, 0.2) is 121 Å². The largest absolute Gasteiger partial charge is 0.294 e. The molecule has 0 saturated heterocycles. The highest BCUT2D eigenvalue weighted by Crippen LogP contribution is 2.37. The van der Waals surface area contributed by atoms with Gasteiger partial charge < -0.3 is 0 Å². The van der Waals surface area contributed by atoms with E-state index in [2.05, 4.69) is 119 Å². The van der Waals surface area contributed by atoms with Crippen molar-refractivity contribution in [2.24, 2.45) is 0 Å². The summed E-state index contributed by atoms with van der Waals surface area (Å²) >= 11 is 1.79. The Hall–Kier alpha value is -4.21. The first-order valence-electron chi connectivity index (χ1n) is 11.4. The smallest absolute Gasteiger partial charge is 0.138 e. The van der Waals surface area contributed by atoms with Crippen molar-refractivity contribution in [2.75, 3.05) is 0 Å². The van der Waals surface area contributed by atoms with Crippen LogP contribution >= 0.6 is 11.3 Å². The zero-order valence-electron chi connectivity index (χ0n) is 18.3. The zero-order chi connectivity index (χ0) is 22.5. The Morgan fingerprint density at radius 2 is 1.29 bits per heavy atom. The van der Waals surface area contributed by atoms with Crippen molar-refractivity contribution in [1.29, 1.82) is 0 Å². The second-order valence-electron chi connectivity index (χ2n) is 8.51. The topological polar surface area (TPSA) is 17.8 Å². The summed E-state index contributed by atoms with van der Waals surface area (Å²) < 4.78 is 3.63. The molecule has 34 heavy (non-hydrogen) atoms. The molecule has 3 heterocycles. The molecule has 0 saturated carbocycles. The van der Waals surface area contributed by atoms with Gasteiger partial charge >= 0.3 is 0 Å². The number of nitrogens with zero attached hydrogens (tertiary/aromatic N) is 2. The molecule has 0 amide bonds. The van der Waals surface area contributed by atoms with E-state index in [-0.39, 0.29) is 0 Å². The van der Waals surface area contributed by atoms with Gasteiger partial charge in [0.1, 0.15) is 5.82 Å². The standard InChI is InChI=1S/C31H20N2S/c1-3-9-21(10-4-1)24-17-27(22-11-5-2-6-12-22)32-31(19-24)33-28-14-8-7-13-25(28)26-20-30-23(15-16-34-30)18-29(26)33/h1-20H. The van der Waals surface area contributed by atoms with Crippen molar-refractivity contribution in [1.82, 2.24) is 9.55 Å². The van der Waals surface area contributed by atoms with Gasteiger partial charge in [0.15, 0.2) is 0 Å². The van der Waals surface area contributed by atoms with Crippen molar-refractivity contribution in [2.45, 2.75) is 0 Å². The van der Waals surface area contributed by atoms with Crippen LogP contribution in [0, 0.1) is 0 Å². The summed E-state index contributed by atoms with van der Waals surface area (Å²) in [6.45, 7) is 0. The number of pyridine rings is 1. The van der Waals surface area contributed by atoms with E-state index in [4.69, 9.17) is 4.98 Å². The van der Waals surface area contributed by atoms with Gasteiger partial charge in [0.05, 0.1) is 16.7 Å². The van der Waals surface area contributed by atoms with Crippen LogP contribution in [0.25, 0.3) is 60.1 Å². The monoisotopic (exact) mass is 452 g/mol. The second kappa shape index (κ2) is 7.68. The molecular formula is C31H20N2S. The number of hydrogen-bond acceptors (Lipinski definition) is 2. The first-order chi connectivity index (χ1) is 16.8. The van der Waals surface area contributed by atoms with Gasteiger partial charge in [0.2, 0.25) is 0 Å². The van der Waals surface area contributed by atoms with Gasteiger partial charge in [0, 0.05) is 21.0 Å². The van der Waals surface area contributed by atoms with E-state index in [9.17, 15) is 0 Å². The summed E-state index contributed by atoms with van der Waals surface area (Å²) in [5.41, 5.74) is 6.79. The highest BCUT2D eigenvalue weighted by molar-refractivity contribution is 7.17. The molecule has 3 heteroatoms. The SMILES string of the molecule is c1ccc(-c2cc(-c3ccccc3)nc(-n3c4ccccc4c4cc5sccc5cc43)c2)cc1. The molecular weight excluding hydrogens is 432 g/mol. The van der Waals surface area contributed by atoms with Crippen molar-refractivity contribution in [3.8, 4) is 28.2 Å². The second-order valence-corrected chi connectivity index (χ2v) is 9.46. The molecule has 0 N–H and O–H groups in total. The number of thiophene rings is 1. The predicted molar refractivity (Wildman–Crippen MR) is 145 cm³/mol. The Morgan fingerprint density at radius 3 is 2.12 bits per heavy atom. The summed E-state index contributed by atoms with van der Waals surface area (Å²) in [6, 6.07) is 40.9. The van der Waals surface area contributed by atoms with Gasteiger partial charge in [-0.3, -0.25) is 4.57 Å². The zero-order valence-corrected chi connectivity index (χ0v) is 19.2. The normalized spacial score (nSPS) is 11.5. The van der Waals surface area contributed by atoms with Crippen molar-refractivity contribution < 1.29 is 0 Å². The molecule has 160 valence electrons. The van der Waals surface area contributed by atoms with E-state index in [1.54, 1.807) is 11.3 Å². The fraction of sp³-hybridized carbons (Fsp3) is 0. The van der Waals surface area contributed by atoms with E-state index in [1.807, 2.05) is 6.07 Å². The lowest BCUT2D eigenvalue weighted by molar-refractivity contribution is 1.09. The number of hydrogen-bond donors (Lipinski definition) is 0. The Kier molecular flexibility index (Phi) is 4.36. The molecule has 2 nitrogen and oxygen atoms in total. The molecule has 0 atom stereocenters. The van der Waals surface area contributed by atoms with Crippen molar-refractivity contribution in [3.05, 3.63) is 121 Å². The number of benzene rings is 4. The van der Waals surface area contributed by atoms with E-state index in [1.165, 1.54) is 37.5 Å². The predicted octanol–water partition coefficient (Wildman–Crippen LogP) is 8.73. The van der Waals surface area contributed by atoms with Crippen LogP contribution in [-0.4, -0.2) is 9.55 Å². The van der Waals surface area contributed by atoms with Crippen LogP contribution in [0.1, 0.15) is 0 Å². The minimum Gasteiger partial charge on any atom is -0.294 e. The maximum Gasteiger partial charge on any atom is 0.138 e. The molecule has 0 aliphatic heterocycles. The van der Waals surface area contributed by atoms with E-state index >= 15 is 0 Å². The summed E-state index contributed by atoms with van der Waals surface area (Å²) in [5.74, 6) is 0.931. The molecule has 0 aliphatic rings. The Morgan fingerprint density at radius 1 is 0.559 bits per heavy atom. The fourth-order valence-electron chi connectivity index (χ4n) is 4.86. The lowest BCUT2D eigenvalue weighted by Gasteiger charge is -2.13. The van der Waals surface area contributed by atoms with E-state index in [0.717, 1.165) is 22.6 Å². The molecule has 0 spiro atoms. The molecule has 3 aromatic heterocycles. The van der Waals surface area contributed by atoms with Gasteiger partial charge in [0.25, 0.3) is 0 Å². The van der Waals surface area contributed by atoms with Gasteiger partial charge in [-0.2, -0.15) is 0 Å². The van der Waals surface area contributed by atoms with Crippen LogP contribution in [-0.2, 0) is 0 Å². The van der Waals surface area contributed by atoms with Crippen LogP contribution in [0.2, 0.25) is 0 Å². The van der Waals surface area contributed by atoms with Gasteiger partial charge in [-0.15, -0.1) is 11.3 Å². The van der Waals surface area contributed by atoms with Crippen molar-refractivity contribution >= 4 is 43.2 Å². The molecule has 7 rings (SSSR count). The first-order valence-corrected chi connectivity index (χ1v) is 12.3. The van der Waals surface area contributed by atoms with Crippen LogP contribution < -0.4 is 0 Å². The lowest BCUT2D eigenvalue weighted by atomic mass is 10.0. The third-order valence-electron chi connectivity index (χ3n) is 6.46. The first kappa shape index (κ1) is 19.3. The van der Waals surface area contributed by atoms with Crippen LogP contribution in [0.4, 0.5) is 0 Å². The quantitative estimate of drug-likeness (QED) is 0.262. The van der Waals surface area contributed by atoms with E-state index < -0.39 is 0 Å². The maximum absolute atomic E-state index is 5.21. The number of fused-ring (bicyclic) bond motifs is 4. The lowest BCUT2D eigenvalue weighted by Crippen LogP contribution is -2.00. The van der Waals surface area contributed by atoms with Crippen molar-refractivity contribution in [3.63, 3.8) is 0 Å². The molecule has 0 fully saturated rings. The summed E-state index contributed by atoms with van der Waals surface area (Å²) in [7, 11) is 0. The van der Waals surface area contributed by atoms with E-state index in [0.29, 0.717) is 0 Å². The molecule has 4 aromatic carbocycles. The number of aromatic nitrogens is 2. The van der Waals surface area contributed by atoms with Gasteiger partial charge in [-0.1, -0.05) is 78.9 Å². The molecule has 7 aromatic rings. The summed E-state index contributed by atoms with van der Waals surface area (Å²) in [4.78, 5) is 5.21. The Balaban J connectivity index is 1.59. The summed E-state index contributed by atoms with van der Waals surface area (Å²) in [5, 5.41) is 5.95. The molecule has 0 bridgehead atoms. The molecule has 0 unspecified atom stereocenters.